The molecule has 0 fully saturated rings. The summed E-state index contributed by atoms with van der Waals surface area (Å²) in [6.07, 6.45) is 2.93. The molecule has 1 unspecified atom stereocenters. The molecule has 0 heterocycles. The Balaban J connectivity index is 3.54. The van der Waals surface area contributed by atoms with Crippen molar-refractivity contribution >= 4 is 5.91 Å². The second-order valence-electron chi connectivity index (χ2n) is 3.72. The average Bonchev–Trinajstić information content (AvgIpc) is 2.13. The Morgan fingerprint density at radius 2 is 2.21 bits per heavy atom. The summed E-state index contributed by atoms with van der Waals surface area (Å²) in [5.41, 5.74) is 5.56. The summed E-state index contributed by atoms with van der Waals surface area (Å²) in [5.74, 6) is 0.00606. The molecule has 0 bridgehead atoms. The maximum absolute atomic E-state index is 11.3. The summed E-state index contributed by atoms with van der Waals surface area (Å²) >= 11 is 0. The number of amides is 1. The van der Waals surface area contributed by atoms with Crippen molar-refractivity contribution in [1.29, 1.82) is 0 Å². The van der Waals surface area contributed by atoms with Crippen molar-refractivity contribution in [2.24, 2.45) is 5.73 Å². The van der Waals surface area contributed by atoms with Gasteiger partial charge in [0.2, 0.25) is 5.91 Å². The van der Waals surface area contributed by atoms with Crippen LogP contribution in [0.3, 0.4) is 0 Å². The lowest BCUT2D eigenvalue weighted by Crippen LogP contribution is -2.36. The highest BCUT2D eigenvalue weighted by atomic mass is 16.3. The molecule has 4 heteroatoms. The molecule has 0 aromatic rings. The second-order valence-corrected chi connectivity index (χ2v) is 3.72. The van der Waals surface area contributed by atoms with E-state index >= 15 is 0 Å². The fraction of sp³-hybridized carbons (Fsp3) is 0.900. The largest absolute Gasteiger partial charge is 0.394 e. The molecule has 0 radical (unpaired) electrons. The fourth-order valence-corrected chi connectivity index (χ4v) is 1.16. The number of aliphatic hydroxyl groups excluding tert-OH is 1. The van der Waals surface area contributed by atoms with Crippen molar-refractivity contribution in [3.05, 3.63) is 0 Å². The molecule has 0 saturated heterocycles. The molecule has 0 rings (SSSR count). The Morgan fingerprint density at radius 3 is 2.64 bits per heavy atom. The summed E-state index contributed by atoms with van der Waals surface area (Å²) in [5, 5.41) is 11.6. The van der Waals surface area contributed by atoms with Crippen LogP contribution < -0.4 is 11.1 Å². The molecule has 0 spiro atoms. The molecule has 1 amide bonds. The number of rotatable bonds is 7. The summed E-state index contributed by atoms with van der Waals surface area (Å²) in [6, 6.07) is 0.0559. The van der Waals surface area contributed by atoms with Crippen LogP contribution in [0.5, 0.6) is 0 Å². The lowest BCUT2D eigenvalue weighted by atomic mass is 10.1. The first-order chi connectivity index (χ1) is 6.60. The molecular weight excluding hydrogens is 180 g/mol. The Morgan fingerprint density at radius 1 is 1.57 bits per heavy atom. The zero-order chi connectivity index (χ0) is 11.0. The van der Waals surface area contributed by atoms with Crippen molar-refractivity contribution in [2.45, 2.75) is 51.6 Å². The van der Waals surface area contributed by atoms with Gasteiger partial charge in [-0.05, 0) is 26.2 Å². The van der Waals surface area contributed by atoms with E-state index in [1.807, 2.05) is 13.8 Å². The van der Waals surface area contributed by atoms with Crippen molar-refractivity contribution in [1.82, 2.24) is 5.32 Å². The summed E-state index contributed by atoms with van der Waals surface area (Å²) in [6.45, 7) is 3.87. The highest BCUT2D eigenvalue weighted by molar-refractivity contribution is 5.76. The van der Waals surface area contributed by atoms with Crippen molar-refractivity contribution < 1.29 is 9.90 Å². The number of carbonyl (C=O) groups excluding carboxylic acids is 1. The van der Waals surface area contributed by atoms with Gasteiger partial charge in [0.25, 0.3) is 0 Å². The minimum absolute atomic E-state index is 0.00606. The van der Waals surface area contributed by atoms with E-state index in [0.29, 0.717) is 6.42 Å². The van der Waals surface area contributed by atoms with E-state index in [-0.39, 0.29) is 24.6 Å². The lowest BCUT2D eigenvalue weighted by Gasteiger charge is -2.13. The van der Waals surface area contributed by atoms with Crippen molar-refractivity contribution in [3.63, 3.8) is 0 Å². The van der Waals surface area contributed by atoms with E-state index < -0.39 is 0 Å². The van der Waals surface area contributed by atoms with E-state index in [4.69, 9.17) is 10.8 Å². The number of hydrogen-bond acceptors (Lipinski definition) is 3. The van der Waals surface area contributed by atoms with Crippen molar-refractivity contribution in [3.8, 4) is 0 Å². The topological polar surface area (TPSA) is 75.3 Å². The first kappa shape index (κ1) is 13.4. The number of nitrogens with two attached hydrogens (primary N) is 1. The van der Waals surface area contributed by atoms with Gasteiger partial charge in [0.05, 0.1) is 12.6 Å². The summed E-state index contributed by atoms with van der Waals surface area (Å²) in [7, 11) is 0. The predicted molar refractivity (Wildman–Crippen MR) is 56.8 cm³/mol. The van der Waals surface area contributed by atoms with Gasteiger partial charge in [-0.2, -0.15) is 0 Å². The Hall–Kier alpha value is -0.610. The van der Waals surface area contributed by atoms with Crippen LogP contribution in [0.2, 0.25) is 0 Å². The van der Waals surface area contributed by atoms with E-state index in [0.717, 1.165) is 19.3 Å². The molecule has 0 aliphatic heterocycles. The van der Waals surface area contributed by atoms with Crippen LogP contribution >= 0.6 is 0 Å². The zero-order valence-corrected chi connectivity index (χ0v) is 9.12. The first-order valence-electron chi connectivity index (χ1n) is 5.26. The summed E-state index contributed by atoms with van der Waals surface area (Å²) in [4.78, 5) is 11.3. The SMILES string of the molecule is CC[C@@H](CO)NC(=O)CCCC(C)N. The van der Waals surface area contributed by atoms with Gasteiger partial charge in [0, 0.05) is 12.5 Å². The maximum atomic E-state index is 11.3. The van der Waals surface area contributed by atoms with Gasteiger partial charge < -0.3 is 16.2 Å². The predicted octanol–water partition coefficient (Wildman–Crippen LogP) is 0.391. The minimum Gasteiger partial charge on any atom is -0.394 e. The number of hydrogen-bond donors (Lipinski definition) is 3. The monoisotopic (exact) mass is 202 g/mol. The smallest absolute Gasteiger partial charge is 0.220 e. The van der Waals surface area contributed by atoms with Crippen LogP contribution in [0.25, 0.3) is 0 Å². The van der Waals surface area contributed by atoms with Crippen LogP contribution in [0.4, 0.5) is 0 Å². The second kappa shape index (κ2) is 7.76. The quantitative estimate of drug-likeness (QED) is 0.559. The number of nitrogens with one attached hydrogen (secondary N) is 1. The van der Waals surface area contributed by atoms with E-state index in [2.05, 4.69) is 5.32 Å². The van der Waals surface area contributed by atoms with Crippen molar-refractivity contribution in [2.75, 3.05) is 6.61 Å². The first-order valence-corrected chi connectivity index (χ1v) is 5.26. The number of carbonyl (C=O) groups is 1. The highest BCUT2D eigenvalue weighted by Gasteiger charge is 2.08. The molecule has 4 N–H and O–H groups in total. The van der Waals surface area contributed by atoms with Gasteiger partial charge >= 0.3 is 0 Å². The van der Waals surface area contributed by atoms with Gasteiger partial charge in [-0.3, -0.25) is 4.79 Å². The van der Waals surface area contributed by atoms with Gasteiger partial charge in [-0.15, -0.1) is 0 Å². The molecule has 0 aliphatic rings. The van der Waals surface area contributed by atoms with E-state index in [9.17, 15) is 4.79 Å². The molecule has 14 heavy (non-hydrogen) atoms. The zero-order valence-electron chi connectivity index (χ0n) is 9.12. The van der Waals surface area contributed by atoms with Gasteiger partial charge in [-0.25, -0.2) is 0 Å². The van der Waals surface area contributed by atoms with Crippen LogP contribution in [0.1, 0.15) is 39.5 Å². The Kier molecular flexibility index (Phi) is 7.42. The van der Waals surface area contributed by atoms with Crippen LogP contribution in [0, 0.1) is 0 Å². The van der Waals surface area contributed by atoms with Crippen LogP contribution in [0.15, 0.2) is 0 Å². The molecule has 4 nitrogen and oxygen atoms in total. The van der Waals surface area contributed by atoms with E-state index in [1.54, 1.807) is 0 Å². The molecule has 0 aliphatic carbocycles. The molecule has 0 aromatic carbocycles. The third kappa shape index (κ3) is 6.86. The average molecular weight is 202 g/mol. The maximum Gasteiger partial charge on any atom is 0.220 e. The molecule has 2 atom stereocenters. The Bertz CT molecular complexity index is 156. The third-order valence-corrected chi connectivity index (χ3v) is 2.14. The number of aliphatic hydroxyl groups is 1. The van der Waals surface area contributed by atoms with Gasteiger partial charge in [0.15, 0.2) is 0 Å². The standard InChI is InChI=1S/C10H22N2O2/c1-3-9(7-13)12-10(14)6-4-5-8(2)11/h8-9,13H,3-7,11H2,1-2H3,(H,12,14)/t8?,9-/m0/s1. The van der Waals surface area contributed by atoms with Crippen LogP contribution in [-0.2, 0) is 4.79 Å². The highest BCUT2D eigenvalue weighted by Crippen LogP contribution is 1.99. The minimum atomic E-state index is -0.0993. The molecular formula is C10H22N2O2. The Labute approximate surface area is 85.9 Å². The normalized spacial score (nSPS) is 14.9. The van der Waals surface area contributed by atoms with E-state index in [1.165, 1.54) is 0 Å². The molecule has 0 aromatic heterocycles. The van der Waals surface area contributed by atoms with Gasteiger partial charge in [0.1, 0.15) is 0 Å². The van der Waals surface area contributed by atoms with Gasteiger partial charge in [-0.1, -0.05) is 6.92 Å². The fourth-order valence-electron chi connectivity index (χ4n) is 1.16. The molecule has 84 valence electrons. The lowest BCUT2D eigenvalue weighted by molar-refractivity contribution is -0.122. The summed E-state index contributed by atoms with van der Waals surface area (Å²) < 4.78 is 0. The molecule has 0 saturated carbocycles. The van der Waals surface area contributed by atoms with Crippen LogP contribution in [-0.4, -0.2) is 29.7 Å². The third-order valence-electron chi connectivity index (χ3n) is 2.14.